The van der Waals surface area contributed by atoms with Gasteiger partial charge in [0.15, 0.2) is 0 Å². The highest BCUT2D eigenvalue weighted by Gasteiger charge is 2.33. The lowest BCUT2D eigenvalue weighted by Gasteiger charge is -2.12. The lowest BCUT2D eigenvalue weighted by Crippen LogP contribution is -2.10. The second-order valence-electron chi connectivity index (χ2n) is 3.35. The van der Waals surface area contributed by atoms with Crippen molar-refractivity contribution in [3.05, 3.63) is 39.4 Å². The number of benzene rings is 1. The van der Waals surface area contributed by atoms with Gasteiger partial charge >= 0.3 is 6.18 Å². The fraction of sp³-hybridized carbons (Fsp3) is 0.333. The molecule has 1 atom stereocenters. The van der Waals surface area contributed by atoms with E-state index in [4.69, 9.17) is 5.90 Å². The molecule has 0 amide bonds. The van der Waals surface area contributed by atoms with E-state index in [1.165, 1.54) is 6.92 Å². The Hall–Kier alpha value is -1.67. The summed E-state index contributed by atoms with van der Waals surface area (Å²) in [6.07, 6.45) is -5.52. The van der Waals surface area contributed by atoms with Crippen molar-refractivity contribution < 1.29 is 22.9 Å². The summed E-state index contributed by atoms with van der Waals surface area (Å²) < 4.78 is 37.5. The molecule has 17 heavy (non-hydrogen) atoms. The van der Waals surface area contributed by atoms with Gasteiger partial charge in [-0.2, -0.15) is 13.2 Å². The van der Waals surface area contributed by atoms with Gasteiger partial charge in [-0.1, -0.05) is 0 Å². The van der Waals surface area contributed by atoms with Gasteiger partial charge in [0, 0.05) is 12.1 Å². The highest BCUT2D eigenvalue weighted by Crippen LogP contribution is 2.34. The average Bonchev–Trinajstić information content (AvgIpc) is 2.26. The van der Waals surface area contributed by atoms with Crippen molar-refractivity contribution in [1.82, 2.24) is 0 Å². The van der Waals surface area contributed by atoms with E-state index < -0.39 is 28.5 Å². The molecule has 1 aromatic rings. The van der Waals surface area contributed by atoms with Gasteiger partial charge in [-0.15, -0.1) is 0 Å². The van der Waals surface area contributed by atoms with Gasteiger partial charge in [0.05, 0.1) is 10.5 Å². The number of nitro groups is 1. The van der Waals surface area contributed by atoms with Gasteiger partial charge in [0.2, 0.25) is 0 Å². The van der Waals surface area contributed by atoms with Crippen LogP contribution >= 0.6 is 0 Å². The van der Waals surface area contributed by atoms with Crippen molar-refractivity contribution in [3.8, 4) is 0 Å². The van der Waals surface area contributed by atoms with E-state index in [0.717, 1.165) is 12.1 Å². The Kier molecular flexibility index (Phi) is 3.69. The molecule has 0 saturated heterocycles. The van der Waals surface area contributed by atoms with Gasteiger partial charge in [-0.05, 0) is 18.6 Å². The molecule has 0 saturated carbocycles. The molecule has 0 aliphatic heterocycles. The SMILES string of the molecule is CC(ON)c1cc([N+](=O)[O-])cc(C(F)(F)F)c1. The van der Waals surface area contributed by atoms with Crippen LogP contribution in [0.4, 0.5) is 18.9 Å². The molecular weight excluding hydrogens is 241 g/mol. The summed E-state index contributed by atoms with van der Waals surface area (Å²) >= 11 is 0. The zero-order valence-electron chi connectivity index (χ0n) is 8.69. The fourth-order valence-electron chi connectivity index (χ4n) is 1.22. The van der Waals surface area contributed by atoms with Gasteiger partial charge in [-0.3, -0.25) is 15.0 Å². The molecule has 8 heteroatoms. The van der Waals surface area contributed by atoms with E-state index in [-0.39, 0.29) is 5.56 Å². The zero-order valence-corrected chi connectivity index (χ0v) is 8.69. The van der Waals surface area contributed by atoms with Crippen LogP contribution in [0, 0.1) is 10.1 Å². The van der Waals surface area contributed by atoms with Crippen molar-refractivity contribution in [1.29, 1.82) is 0 Å². The molecule has 0 spiro atoms. The van der Waals surface area contributed by atoms with E-state index in [1.807, 2.05) is 0 Å². The van der Waals surface area contributed by atoms with Crippen LogP contribution in [0.3, 0.4) is 0 Å². The first-order valence-corrected chi connectivity index (χ1v) is 4.48. The molecule has 5 nitrogen and oxygen atoms in total. The highest BCUT2D eigenvalue weighted by molar-refractivity contribution is 5.41. The number of hydrogen-bond acceptors (Lipinski definition) is 4. The Balaban J connectivity index is 3.34. The van der Waals surface area contributed by atoms with Crippen LogP contribution in [0.25, 0.3) is 0 Å². The second-order valence-corrected chi connectivity index (χ2v) is 3.35. The Morgan fingerprint density at radius 3 is 2.41 bits per heavy atom. The lowest BCUT2D eigenvalue weighted by atomic mass is 10.1. The molecule has 0 aromatic heterocycles. The summed E-state index contributed by atoms with van der Waals surface area (Å²) in [7, 11) is 0. The Labute approximate surface area is 94.1 Å². The predicted molar refractivity (Wildman–Crippen MR) is 51.8 cm³/mol. The number of halogens is 3. The topological polar surface area (TPSA) is 78.4 Å². The number of nitrogens with zero attached hydrogens (tertiary/aromatic N) is 1. The van der Waals surface area contributed by atoms with Crippen LogP contribution < -0.4 is 5.90 Å². The van der Waals surface area contributed by atoms with Gasteiger partial charge < -0.3 is 0 Å². The third-order valence-electron chi connectivity index (χ3n) is 2.15. The summed E-state index contributed by atoms with van der Waals surface area (Å²) in [5.41, 5.74) is -1.77. The van der Waals surface area contributed by atoms with E-state index >= 15 is 0 Å². The van der Waals surface area contributed by atoms with E-state index in [0.29, 0.717) is 6.07 Å². The minimum Gasteiger partial charge on any atom is -0.297 e. The summed E-state index contributed by atoms with van der Waals surface area (Å²) in [5.74, 6) is 4.84. The third-order valence-corrected chi connectivity index (χ3v) is 2.15. The van der Waals surface area contributed by atoms with Crippen molar-refractivity contribution in [2.45, 2.75) is 19.2 Å². The molecule has 0 radical (unpaired) electrons. The molecule has 0 heterocycles. The van der Waals surface area contributed by atoms with Gasteiger partial charge in [0.1, 0.15) is 6.10 Å². The van der Waals surface area contributed by atoms with E-state index in [1.54, 1.807) is 0 Å². The summed E-state index contributed by atoms with van der Waals surface area (Å²) in [6.45, 7) is 1.39. The first kappa shape index (κ1) is 13.4. The summed E-state index contributed by atoms with van der Waals surface area (Å²) in [4.78, 5) is 14.0. The quantitative estimate of drug-likeness (QED) is 0.660. The molecule has 1 unspecified atom stereocenters. The predicted octanol–water partition coefficient (Wildman–Crippen LogP) is 2.56. The third kappa shape index (κ3) is 3.14. The maximum atomic E-state index is 12.5. The van der Waals surface area contributed by atoms with Crippen molar-refractivity contribution >= 4 is 5.69 Å². The second kappa shape index (κ2) is 4.68. The zero-order chi connectivity index (χ0) is 13.2. The Bertz CT molecular complexity index is 434. The first-order valence-electron chi connectivity index (χ1n) is 4.48. The van der Waals surface area contributed by atoms with Crippen LogP contribution in [0.15, 0.2) is 18.2 Å². The number of non-ortho nitro benzene ring substituents is 1. The van der Waals surface area contributed by atoms with Crippen LogP contribution in [-0.2, 0) is 11.0 Å². The number of alkyl halides is 3. The molecule has 0 fully saturated rings. The normalized spacial score (nSPS) is 13.5. The maximum absolute atomic E-state index is 12.5. The number of hydrogen-bond donors (Lipinski definition) is 1. The van der Waals surface area contributed by atoms with Crippen LogP contribution in [0.2, 0.25) is 0 Å². The Morgan fingerprint density at radius 1 is 1.41 bits per heavy atom. The van der Waals surface area contributed by atoms with Gasteiger partial charge in [0.25, 0.3) is 5.69 Å². The highest BCUT2D eigenvalue weighted by atomic mass is 19.4. The minimum atomic E-state index is -4.66. The van der Waals surface area contributed by atoms with E-state index in [2.05, 4.69) is 4.84 Å². The minimum absolute atomic E-state index is 0.00553. The van der Waals surface area contributed by atoms with Crippen molar-refractivity contribution in [3.63, 3.8) is 0 Å². The molecule has 0 aliphatic carbocycles. The van der Waals surface area contributed by atoms with E-state index in [9.17, 15) is 23.3 Å². The molecule has 2 N–H and O–H groups in total. The molecule has 1 aromatic carbocycles. The maximum Gasteiger partial charge on any atom is 0.416 e. The molecule has 1 rings (SSSR count). The lowest BCUT2D eigenvalue weighted by molar-refractivity contribution is -0.385. The monoisotopic (exact) mass is 250 g/mol. The van der Waals surface area contributed by atoms with Gasteiger partial charge in [-0.25, -0.2) is 5.90 Å². The molecule has 0 bridgehead atoms. The van der Waals surface area contributed by atoms with Crippen LogP contribution in [-0.4, -0.2) is 4.92 Å². The van der Waals surface area contributed by atoms with Crippen LogP contribution in [0.5, 0.6) is 0 Å². The molecule has 94 valence electrons. The summed E-state index contributed by atoms with van der Waals surface area (Å²) in [5, 5.41) is 10.5. The largest absolute Gasteiger partial charge is 0.416 e. The smallest absolute Gasteiger partial charge is 0.297 e. The van der Waals surface area contributed by atoms with Crippen LogP contribution in [0.1, 0.15) is 24.2 Å². The standard InChI is InChI=1S/C9H9F3N2O3/c1-5(17-13)6-2-7(9(10,11)12)4-8(3-6)14(15)16/h2-5H,13H2,1H3. The summed E-state index contributed by atoms with van der Waals surface area (Å²) in [6, 6.07) is 2.23. The number of nitrogens with two attached hydrogens (primary N) is 1. The number of rotatable bonds is 3. The van der Waals surface area contributed by atoms with Crippen molar-refractivity contribution in [2.24, 2.45) is 5.90 Å². The first-order chi connectivity index (χ1) is 7.75. The Morgan fingerprint density at radius 2 is 2.00 bits per heavy atom. The van der Waals surface area contributed by atoms with Crippen molar-refractivity contribution in [2.75, 3.05) is 0 Å². The fourth-order valence-corrected chi connectivity index (χ4v) is 1.22. The molecule has 0 aliphatic rings. The molecular formula is C9H9F3N2O3. The number of nitro benzene ring substituents is 1. The average molecular weight is 250 g/mol.